The lowest BCUT2D eigenvalue weighted by atomic mass is 9.90. The molecule has 0 radical (unpaired) electrons. The zero-order chi connectivity index (χ0) is 18.8. The summed E-state index contributed by atoms with van der Waals surface area (Å²) in [4.78, 5) is 14.4. The molecule has 0 saturated carbocycles. The Morgan fingerprint density at radius 2 is 2.12 bits per heavy atom. The summed E-state index contributed by atoms with van der Waals surface area (Å²) in [6.07, 6.45) is 1.48. The Bertz CT molecular complexity index is 818. The molecule has 3 rings (SSSR count). The molecule has 1 aliphatic heterocycles. The van der Waals surface area contributed by atoms with Crippen molar-refractivity contribution >= 4 is 11.7 Å². The van der Waals surface area contributed by atoms with Crippen molar-refractivity contribution in [1.29, 1.82) is 0 Å². The molecule has 140 valence electrons. The highest BCUT2D eigenvalue weighted by Gasteiger charge is 2.27. The lowest BCUT2D eigenvalue weighted by molar-refractivity contribution is 0.192. The van der Waals surface area contributed by atoms with Gasteiger partial charge in [0.05, 0.1) is 17.1 Å². The number of anilines is 1. The molecule has 1 aliphatic rings. The minimum Gasteiger partial charge on any atom is -0.324 e. The molecule has 1 aromatic heterocycles. The van der Waals surface area contributed by atoms with E-state index in [4.69, 9.17) is 0 Å². The molecule has 2 heterocycles. The van der Waals surface area contributed by atoms with Crippen LogP contribution in [0.1, 0.15) is 42.6 Å². The van der Waals surface area contributed by atoms with Crippen LogP contribution in [0, 0.1) is 25.5 Å². The van der Waals surface area contributed by atoms with E-state index in [1.165, 1.54) is 6.07 Å². The number of aryl methyl sites for hydroxylation is 2. The number of nitrogens with zero attached hydrogens (tertiary/aromatic N) is 3. The Morgan fingerprint density at radius 1 is 1.35 bits per heavy atom. The third-order valence-electron chi connectivity index (χ3n) is 5.02. The summed E-state index contributed by atoms with van der Waals surface area (Å²) in [5.41, 5.74) is 2.73. The van der Waals surface area contributed by atoms with E-state index in [2.05, 4.69) is 10.4 Å². The summed E-state index contributed by atoms with van der Waals surface area (Å²) in [5.74, 6) is -1.08. The van der Waals surface area contributed by atoms with Crippen LogP contribution >= 0.6 is 0 Å². The smallest absolute Gasteiger partial charge is 0.321 e. The molecule has 2 aromatic rings. The van der Waals surface area contributed by atoms with Crippen molar-refractivity contribution in [1.82, 2.24) is 14.7 Å². The zero-order valence-corrected chi connectivity index (χ0v) is 15.4. The molecule has 26 heavy (non-hydrogen) atoms. The van der Waals surface area contributed by atoms with Crippen LogP contribution in [0.15, 0.2) is 18.2 Å². The Morgan fingerprint density at radius 3 is 2.81 bits per heavy atom. The first-order valence-corrected chi connectivity index (χ1v) is 8.95. The minimum absolute atomic E-state index is 0.203. The third-order valence-corrected chi connectivity index (χ3v) is 5.02. The summed E-state index contributed by atoms with van der Waals surface area (Å²) in [6, 6.07) is 3.27. The predicted octanol–water partition coefficient (Wildman–Crippen LogP) is 4.21. The molecule has 0 aliphatic carbocycles. The summed E-state index contributed by atoms with van der Waals surface area (Å²) in [5, 5.41) is 7.34. The van der Waals surface area contributed by atoms with Crippen molar-refractivity contribution in [2.45, 2.75) is 46.1 Å². The van der Waals surface area contributed by atoms with Crippen LogP contribution in [0.25, 0.3) is 0 Å². The molecular weight excluding hydrogens is 338 g/mol. The van der Waals surface area contributed by atoms with Gasteiger partial charge in [0.2, 0.25) is 0 Å². The Balaban J connectivity index is 1.74. The van der Waals surface area contributed by atoms with Crippen molar-refractivity contribution in [2.75, 3.05) is 18.4 Å². The van der Waals surface area contributed by atoms with Gasteiger partial charge in [0.25, 0.3) is 0 Å². The number of amides is 2. The first-order valence-electron chi connectivity index (χ1n) is 8.95. The van der Waals surface area contributed by atoms with Gasteiger partial charge in [-0.2, -0.15) is 5.10 Å². The average Bonchev–Trinajstić information content (AvgIpc) is 2.91. The largest absolute Gasteiger partial charge is 0.324 e. The van der Waals surface area contributed by atoms with Gasteiger partial charge in [-0.05, 0) is 57.4 Å². The second kappa shape index (κ2) is 7.43. The fraction of sp³-hybridized carbons (Fsp3) is 0.474. The van der Waals surface area contributed by atoms with Gasteiger partial charge < -0.3 is 10.2 Å². The number of aromatic nitrogens is 2. The number of carbonyl (C=O) groups excluding carboxylic acids is 1. The van der Waals surface area contributed by atoms with E-state index in [1.54, 1.807) is 4.90 Å². The maximum atomic E-state index is 14.1. The second-order valence-corrected chi connectivity index (χ2v) is 6.74. The van der Waals surface area contributed by atoms with E-state index < -0.39 is 11.6 Å². The fourth-order valence-corrected chi connectivity index (χ4v) is 3.61. The van der Waals surface area contributed by atoms with Gasteiger partial charge in [0, 0.05) is 25.6 Å². The van der Waals surface area contributed by atoms with E-state index >= 15 is 0 Å². The Hall–Kier alpha value is -2.44. The molecule has 1 atom stereocenters. The molecule has 7 heteroatoms. The van der Waals surface area contributed by atoms with Gasteiger partial charge in [-0.25, -0.2) is 13.6 Å². The number of hydrogen-bond acceptors (Lipinski definition) is 2. The van der Waals surface area contributed by atoms with Gasteiger partial charge in [-0.1, -0.05) is 0 Å². The maximum Gasteiger partial charge on any atom is 0.321 e. The number of likely N-dealkylation sites (tertiary alicyclic amines) is 1. The molecule has 5 nitrogen and oxygen atoms in total. The van der Waals surface area contributed by atoms with Gasteiger partial charge in [-0.3, -0.25) is 4.68 Å². The Kier molecular flexibility index (Phi) is 5.25. The summed E-state index contributed by atoms with van der Waals surface area (Å²) in [7, 11) is 0. The fourth-order valence-electron chi connectivity index (χ4n) is 3.61. The normalized spacial score (nSPS) is 17.4. The van der Waals surface area contributed by atoms with Crippen LogP contribution in [-0.4, -0.2) is 33.8 Å². The van der Waals surface area contributed by atoms with Crippen LogP contribution in [0.4, 0.5) is 19.3 Å². The zero-order valence-electron chi connectivity index (χ0n) is 15.4. The van der Waals surface area contributed by atoms with Crippen molar-refractivity contribution < 1.29 is 13.6 Å². The number of urea groups is 1. The number of benzene rings is 1. The number of rotatable bonds is 3. The van der Waals surface area contributed by atoms with E-state index in [9.17, 15) is 13.6 Å². The van der Waals surface area contributed by atoms with Crippen LogP contribution in [-0.2, 0) is 6.54 Å². The average molecular weight is 362 g/mol. The van der Waals surface area contributed by atoms with Gasteiger partial charge in [-0.15, -0.1) is 0 Å². The standard InChI is InChI=1S/C19H24F2N4O/c1-4-25-13(3)18(12(2)23-25)22-19(26)24-9-5-6-14(11-24)16-10-15(20)7-8-17(16)21/h7-8,10,14H,4-6,9,11H2,1-3H3,(H,22,26)/t14-/m1/s1. The van der Waals surface area contributed by atoms with Gasteiger partial charge in [0.1, 0.15) is 11.6 Å². The quantitative estimate of drug-likeness (QED) is 0.889. The van der Waals surface area contributed by atoms with Crippen LogP contribution in [0.3, 0.4) is 0 Å². The number of halogens is 2. The summed E-state index contributed by atoms with van der Waals surface area (Å²) < 4.78 is 29.4. The topological polar surface area (TPSA) is 50.2 Å². The van der Waals surface area contributed by atoms with Crippen LogP contribution < -0.4 is 5.32 Å². The molecule has 0 bridgehead atoms. The number of piperidine rings is 1. The highest BCUT2D eigenvalue weighted by atomic mass is 19.1. The first kappa shape index (κ1) is 18.4. The molecule has 1 fully saturated rings. The van der Waals surface area contributed by atoms with Gasteiger partial charge in [0.15, 0.2) is 0 Å². The molecular formula is C19H24F2N4O. The molecule has 1 N–H and O–H groups in total. The number of nitrogens with one attached hydrogen (secondary N) is 1. The summed E-state index contributed by atoms with van der Waals surface area (Å²) in [6.45, 7) is 7.46. The van der Waals surface area contributed by atoms with Crippen molar-refractivity contribution in [2.24, 2.45) is 0 Å². The molecule has 0 unspecified atom stereocenters. The van der Waals surface area contributed by atoms with Crippen molar-refractivity contribution in [3.63, 3.8) is 0 Å². The van der Waals surface area contributed by atoms with Crippen LogP contribution in [0.5, 0.6) is 0 Å². The monoisotopic (exact) mass is 362 g/mol. The lowest BCUT2D eigenvalue weighted by Gasteiger charge is -2.33. The predicted molar refractivity (Wildman–Crippen MR) is 96.3 cm³/mol. The van der Waals surface area contributed by atoms with E-state index in [1.807, 2.05) is 25.5 Å². The van der Waals surface area contributed by atoms with Crippen molar-refractivity contribution in [3.05, 3.63) is 46.8 Å². The molecule has 1 aromatic carbocycles. The van der Waals surface area contributed by atoms with E-state index in [-0.39, 0.29) is 11.9 Å². The highest BCUT2D eigenvalue weighted by Crippen LogP contribution is 2.30. The van der Waals surface area contributed by atoms with Gasteiger partial charge >= 0.3 is 6.03 Å². The molecule has 0 spiro atoms. The highest BCUT2D eigenvalue weighted by molar-refractivity contribution is 5.90. The third kappa shape index (κ3) is 3.57. The first-order chi connectivity index (χ1) is 12.4. The summed E-state index contributed by atoms with van der Waals surface area (Å²) >= 11 is 0. The Labute approximate surface area is 152 Å². The maximum absolute atomic E-state index is 14.1. The number of carbonyl (C=O) groups is 1. The minimum atomic E-state index is -0.457. The SMILES string of the molecule is CCn1nc(C)c(NC(=O)N2CCC[C@@H](c3cc(F)ccc3F)C2)c1C. The van der Waals surface area contributed by atoms with E-state index in [0.717, 1.165) is 48.6 Å². The lowest BCUT2D eigenvalue weighted by Crippen LogP contribution is -2.42. The molecule has 2 amide bonds. The second-order valence-electron chi connectivity index (χ2n) is 6.74. The van der Waals surface area contributed by atoms with Crippen LogP contribution in [0.2, 0.25) is 0 Å². The van der Waals surface area contributed by atoms with Crippen molar-refractivity contribution in [3.8, 4) is 0 Å². The molecule has 1 saturated heterocycles. The number of hydrogen-bond donors (Lipinski definition) is 1. The van der Waals surface area contributed by atoms with E-state index in [0.29, 0.717) is 18.7 Å².